The minimum atomic E-state index is -0.507. The summed E-state index contributed by atoms with van der Waals surface area (Å²) in [4.78, 5) is 30.3. The van der Waals surface area contributed by atoms with Gasteiger partial charge in [-0.2, -0.15) is 0 Å². The number of anilines is 2. The number of hydrogen-bond acceptors (Lipinski definition) is 6. The minimum Gasteiger partial charge on any atom is -0.464 e. The Morgan fingerprint density at radius 3 is 2.74 bits per heavy atom. The first-order chi connectivity index (χ1) is 14.8. The second-order valence-corrected chi connectivity index (χ2v) is 8.63. The predicted molar refractivity (Wildman–Crippen MR) is 121 cm³/mol. The van der Waals surface area contributed by atoms with Crippen molar-refractivity contribution in [3.8, 4) is 0 Å². The Morgan fingerprint density at radius 2 is 2.13 bits per heavy atom. The molecule has 0 aliphatic carbocycles. The second kappa shape index (κ2) is 10.1. The molecule has 2 aromatic heterocycles. The number of nitrogens with one attached hydrogen (secondary N) is 2. The van der Waals surface area contributed by atoms with E-state index in [-0.39, 0.29) is 17.9 Å². The molecule has 1 amide bonds. The number of nitrogens with zero attached hydrogens (tertiary/aromatic N) is 2. The van der Waals surface area contributed by atoms with E-state index in [1.54, 1.807) is 6.20 Å². The van der Waals surface area contributed by atoms with Crippen molar-refractivity contribution < 1.29 is 19.1 Å². The zero-order valence-electron chi connectivity index (χ0n) is 19.2. The lowest BCUT2D eigenvalue weighted by Gasteiger charge is -2.15. The van der Waals surface area contributed by atoms with Crippen LogP contribution in [-0.2, 0) is 20.8 Å². The van der Waals surface area contributed by atoms with Gasteiger partial charge < -0.3 is 24.7 Å². The Hall–Kier alpha value is -2.61. The molecule has 3 rings (SSSR count). The highest BCUT2D eigenvalue weighted by Crippen LogP contribution is 2.34. The van der Waals surface area contributed by atoms with Crippen molar-refractivity contribution in [3.05, 3.63) is 18.0 Å². The SMILES string of the molecule is CC[C@@H](C)C(=O)Nc1c(C(=O)OC)n(C[C@H]2CCCO2)c2ncc(NCC(C)C)cc12. The first-order valence-electron chi connectivity index (χ1n) is 11.1. The lowest BCUT2D eigenvalue weighted by atomic mass is 10.1. The molecule has 2 aromatic rings. The highest BCUT2D eigenvalue weighted by Gasteiger charge is 2.29. The van der Waals surface area contributed by atoms with E-state index in [1.165, 1.54) is 7.11 Å². The molecule has 1 aliphatic heterocycles. The molecular weight excluding hydrogens is 396 g/mol. The molecule has 8 nitrogen and oxygen atoms in total. The fourth-order valence-corrected chi connectivity index (χ4v) is 3.68. The molecule has 1 aliphatic rings. The summed E-state index contributed by atoms with van der Waals surface area (Å²) in [6.07, 6.45) is 4.37. The molecule has 0 bridgehead atoms. The molecule has 0 radical (unpaired) electrons. The summed E-state index contributed by atoms with van der Waals surface area (Å²) in [7, 11) is 1.35. The van der Waals surface area contributed by atoms with Crippen LogP contribution >= 0.6 is 0 Å². The summed E-state index contributed by atoms with van der Waals surface area (Å²) >= 11 is 0. The highest BCUT2D eigenvalue weighted by molar-refractivity contribution is 6.11. The first-order valence-corrected chi connectivity index (χ1v) is 11.1. The lowest BCUT2D eigenvalue weighted by Crippen LogP contribution is -2.23. The van der Waals surface area contributed by atoms with Gasteiger partial charge in [0.15, 0.2) is 5.69 Å². The van der Waals surface area contributed by atoms with Gasteiger partial charge in [0.1, 0.15) is 5.65 Å². The lowest BCUT2D eigenvalue weighted by molar-refractivity contribution is -0.119. The molecule has 2 N–H and O–H groups in total. The number of amides is 1. The van der Waals surface area contributed by atoms with Crippen molar-refractivity contribution in [3.63, 3.8) is 0 Å². The van der Waals surface area contributed by atoms with Crippen molar-refractivity contribution in [1.82, 2.24) is 9.55 Å². The number of ether oxygens (including phenoxy) is 2. The third kappa shape index (κ3) is 5.18. The summed E-state index contributed by atoms with van der Waals surface area (Å²) in [5.74, 6) is -0.358. The van der Waals surface area contributed by atoms with E-state index in [0.717, 1.165) is 25.1 Å². The smallest absolute Gasteiger partial charge is 0.356 e. The van der Waals surface area contributed by atoms with Crippen molar-refractivity contribution in [2.45, 2.75) is 59.6 Å². The van der Waals surface area contributed by atoms with Crippen LogP contribution in [0.4, 0.5) is 11.4 Å². The molecule has 0 spiro atoms. The minimum absolute atomic E-state index is 0.00216. The summed E-state index contributed by atoms with van der Waals surface area (Å²) in [5, 5.41) is 7.07. The number of carbonyl (C=O) groups is 2. The fraction of sp³-hybridized carbons (Fsp3) is 0.609. The summed E-state index contributed by atoms with van der Waals surface area (Å²) in [6.45, 7) is 10.1. The Labute approximate surface area is 183 Å². The van der Waals surface area contributed by atoms with Crippen LogP contribution in [0.2, 0.25) is 0 Å². The van der Waals surface area contributed by atoms with Gasteiger partial charge in [0.25, 0.3) is 0 Å². The normalized spacial score (nSPS) is 17.2. The van der Waals surface area contributed by atoms with E-state index in [0.29, 0.717) is 47.9 Å². The van der Waals surface area contributed by atoms with Gasteiger partial charge in [-0.25, -0.2) is 9.78 Å². The number of hydrogen-bond donors (Lipinski definition) is 2. The van der Waals surface area contributed by atoms with Gasteiger partial charge >= 0.3 is 5.97 Å². The molecule has 2 atom stereocenters. The van der Waals surface area contributed by atoms with Gasteiger partial charge in [-0.15, -0.1) is 0 Å². The van der Waals surface area contributed by atoms with E-state index in [1.807, 2.05) is 24.5 Å². The fourth-order valence-electron chi connectivity index (χ4n) is 3.68. The Bertz CT molecular complexity index is 931. The third-order valence-corrected chi connectivity index (χ3v) is 5.71. The molecule has 3 heterocycles. The number of methoxy groups -OCH3 is 1. The van der Waals surface area contributed by atoms with Crippen LogP contribution < -0.4 is 10.6 Å². The molecule has 1 fully saturated rings. The number of esters is 1. The van der Waals surface area contributed by atoms with Crippen LogP contribution in [0.1, 0.15) is 57.4 Å². The molecule has 31 heavy (non-hydrogen) atoms. The predicted octanol–water partition coefficient (Wildman–Crippen LogP) is 4.05. The second-order valence-electron chi connectivity index (χ2n) is 8.63. The van der Waals surface area contributed by atoms with Crippen LogP contribution in [0.15, 0.2) is 12.3 Å². The molecule has 170 valence electrons. The largest absolute Gasteiger partial charge is 0.464 e. The van der Waals surface area contributed by atoms with Crippen LogP contribution in [0.5, 0.6) is 0 Å². The Morgan fingerprint density at radius 1 is 1.35 bits per heavy atom. The average Bonchev–Trinajstić information content (AvgIpc) is 3.38. The number of rotatable bonds is 9. The zero-order chi connectivity index (χ0) is 22.5. The van der Waals surface area contributed by atoms with Crippen molar-refractivity contribution >= 4 is 34.3 Å². The molecular formula is C23H34N4O4. The van der Waals surface area contributed by atoms with Crippen LogP contribution in [0, 0.1) is 11.8 Å². The topological polar surface area (TPSA) is 94.5 Å². The van der Waals surface area contributed by atoms with Crippen molar-refractivity contribution in [2.75, 3.05) is 30.9 Å². The highest BCUT2D eigenvalue weighted by atomic mass is 16.5. The standard InChI is InChI=1S/C23H34N4O4/c1-6-15(4)22(28)26-19-18-10-16(24-11-14(2)3)12-25-21(18)27(20(19)23(29)30-5)13-17-8-7-9-31-17/h10,12,14-15,17,24H,6-9,11,13H2,1-5H3,(H,26,28)/t15-,17-/m1/s1. The summed E-state index contributed by atoms with van der Waals surface area (Å²) < 4.78 is 12.7. The van der Waals surface area contributed by atoms with Gasteiger partial charge in [-0.1, -0.05) is 27.7 Å². The van der Waals surface area contributed by atoms with Gasteiger partial charge in [0.2, 0.25) is 5.91 Å². The first kappa shape index (κ1) is 23.1. The molecule has 0 unspecified atom stereocenters. The van der Waals surface area contributed by atoms with Crippen LogP contribution in [-0.4, -0.2) is 47.8 Å². The average molecular weight is 431 g/mol. The van der Waals surface area contributed by atoms with E-state index in [4.69, 9.17) is 9.47 Å². The van der Waals surface area contributed by atoms with E-state index >= 15 is 0 Å². The van der Waals surface area contributed by atoms with Gasteiger partial charge in [-0.05, 0) is 31.2 Å². The van der Waals surface area contributed by atoms with E-state index in [2.05, 4.69) is 29.5 Å². The summed E-state index contributed by atoms with van der Waals surface area (Å²) in [6, 6.07) is 1.94. The number of carbonyl (C=O) groups excluding carboxylic acids is 2. The Kier molecular flexibility index (Phi) is 7.54. The van der Waals surface area contributed by atoms with E-state index in [9.17, 15) is 9.59 Å². The molecule has 0 saturated carbocycles. The van der Waals surface area contributed by atoms with Crippen molar-refractivity contribution in [1.29, 1.82) is 0 Å². The van der Waals surface area contributed by atoms with Gasteiger partial charge in [-0.3, -0.25) is 4.79 Å². The van der Waals surface area contributed by atoms with Gasteiger partial charge in [0.05, 0.1) is 37.3 Å². The summed E-state index contributed by atoms with van der Waals surface area (Å²) in [5.41, 5.74) is 2.22. The maximum Gasteiger partial charge on any atom is 0.356 e. The van der Waals surface area contributed by atoms with E-state index < -0.39 is 5.97 Å². The van der Waals surface area contributed by atoms with Crippen LogP contribution in [0.3, 0.4) is 0 Å². The molecule has 0 aromatic carbocycles. The molecule has 1 saturated heterocycles. The van der Waals surface area contributed by atoms with Gasteiger partial charge in [0, 0.05) is 24.5 Å². The Balaban J connectivity index is 2.13. The number of pyridine rings is 1. The zero-order valence-corrected chi connectivity index (χ0v) is 19.2. The number of fused-ring (bicyclic) bond motifs is 1. The molecule has 8 heteroatoms. The monoisotopic (exact) mass is 430 g/mol. The number of aromatic nitrogens is 2. The van der Waals surface area contributed by atoms with Crippen LogP contribution in [0.25, 0.3) is 11.0 Å². The third-order valence-electron chi connectivity index (χ3n) is 5.71. The maximum atomic E-state index is 12.8. The van der Waals surface area contributed by atoms with Crippen molar-refractivity contribution in [2.24, 2.45) is 11.8 Å². The quantitative estimate of drug-likeness (QED) is 0.583. The maximum absolute atomic E-state index is 12.8.